The van der Waals surface area contributed by atoms with Crippen molar-refractivity contribution in [3.8, 4) is 11.5 Å². The van der Waals surface area contributed by atoms with Crippen LogP contribution in [0.4, 0.5) is 5.69 Å². The Labute approximate surface area is 165 Å². The Morgan fingerprint density at radius 2 is 1.89 bits per heavy atom. The number of amides is 1. The number of rotatable bonds is 5. The van der Waals surface area contributed by atoms with Crippen LogP contribution in [-0.2, 0) is 11.3 Å². The first-order valence-electron chi connectivity index (χ1n) is 9.80. The van der Waals surface area contributed by atoms with E-state index in [1.54, 1.807) is 0 Å². The molecule has 0 radical (unpaired) electrons. The Bertz CT molecular complexity index is 1010. The predicted molar refractivity (Wildman–Crippen MR) is 108 cm³/mol. The molecule has 2 aromatic heterocycles. The van der Waals surface area contributed by atoms with Crippen molar-refractivity contribution in [1.82, 2.24) is 14.8 Å². The van der Waals surface area contributed by atoms with Gasteiger partial charge in [0.15, 0.2) is 0 Å². The van der Waals surface area contributed by atoms with Crippen LogP contribution in [0.15, 0.2) is 28.7 Å². The number of hydrogen-bond donors (Lipinski definition) is 1. The van der Waals surface area contributed by atoms with E-state index in [1.165, 1.54) is 5.56 Å². The highest BCUT2D eigenvalue weighted by atomic mass is 16.4. The van der Waals surface area contributed by atoms with Crippen molar-refractivity contribution in [3.63, 3.8) is 0 Å². The third-order valence-electron chi connectivity index (χ3n) is 5.81. The summed E-state index contributed by atoms with van der Waals surface area (Å²) in [6, 6.07) is 7.66. The van der Waals surface area contributed by atoms with E-state index in [9.17, 15) is 4.79 Å². The lowest BCUT2D eigenvalue weighted by Crippen LogP contribution is -2.27. The number of nitrogens with zero attached hydrogens (tertiary/aromatic N) is 3. The number of aryl methyl sites for hydroxylation is 2. The summed E-state index contributed by atoms with van der Waals surface area (Å²) >= 11 is 0. The third-order valence-corrected chi connectivity index (χ3v) is 5.81. The van der Waals surface area contributed by atoms with Gasteiger partial charge in [-0.1, -0.05) is 6.42 Å². The summed E-state index contributed by atoms with van der Waals surface area (Å²) in [6.07, 6.45) is 3.15. The summed E-state index contributed by atoms with van der Waals surface area (Å²) in [5.74, 6) is 1.67. The molecular weight excluding hydrogens is 352 g/mol. The van der Waals surface area contributed by atoms with Crippen LogP contribution in [0.1, 0.15) is 47.7 Å². The zero-order valence-corrected chi connectivity index (χ0v) is 16.9. The molecule has 1 aliphatic rings. The average Bonchev–Trinajstić information content (AvgIpc) is 3.09. The molecule has 0 spiro atoms. The highest BCUT2D eigenvalue weighted by Gasteiger charge is 2.25. The minimum atomic E-state index is 0.119. The second-order valence-electron chi connectivity index (χ2n) is 7.67. The molecular formula is C22H26N4O2. The largest absolute Gasteiger partial charge is 0.441 e. The number of anilines is 1. The van der Waals surface area contributed by atoms with E-state index >= 15 is 0 Å². The molecule has 3 aromatic rings. The van der Waals surface area contributed by atoms with Crippen molar-refractivity contribution in [2.45, 2.75) is 53.5 Å². The summed E-state index contributed by atoms with van der Waals surface area (Å²) in [5, 5.41) is 7.57. The zero-order valence-electron chi connectivity index (χ0n) is 16.9. The van der Waals surface area contributed by atoms with Crippen molar-refractivity contribution >= 4 is 11.6 Å². The molecule has 0 atom stereocenters. The van der Waals surface area contributed by atoms with Crippen molar-refractivity contribution in [3.05, 3.63) is 52.7 Å². The van der Waals surface area contributed by atoms with Crippen LogP contribution in [0.3, 0.4) is 0 Å². The van der Waals surface area contributed by atoms with E-state index in [-0.39, 0.29) is 11.8 Å². The second kappa shape index (κ2) is 7.26. The van der Waals surface area contributed by atoms with Gasteiger partial charge in [-0.05, 0) is 70.4 Å². The maximum atomic E-state index is 12.1. The molecule has 0 saturated heterocycles. The fourth-order valence-corrected chi connectivity index (χ4v) is 3.39. The van der Waals surface area contributed by atoms with E-state index in [0.29, 0.717) is 12.4 Å². The van der Waals surface area contributed by atoms with Gasteiger partial charge in [0.1, 0.15) is 11.5 Å². The van der Waals surface area contributed by atoms with Gasteiger partial charge in [-0.15, -0.1) is 0 Å². The average molecular weight is 378 g/mol. The van der Waals surface area contributed by atoms with E-state index < -0.39 is 0 Å². The lowest BCUT2D eigenvalue weighted by Gasteiger charge is -2.24. The van der Waals surface area contributed by atoms with Gasteiger partial charge in [0.25, 0.3) is 0 Å². The molecule has 6 heteroatoms. The molecule has 28 heavy (non-hydrogen) atoms. The summed E-state index contributed by atoms with van der Waals surface area (Å²) in [4.78, 5) is 16.8. The standard InChI is InChI=1S/C22H26N4O2/c1-13-14(2)25-26(15(13)3)12-20-16(4)28-22(24-20)18-8-10-19(11-9-18)23-21(27)17-6-5-7-17/h8-11,17H,5-7,12H2,1-4H3,(H,23,27). The summed E-state index contributed by atoms with van der Waals surface area (Å²) in [5.41, 5.74) is 5.97. The Kier molecular flexibility index (Phi) is 4.79. The zero-order chi connectivity index (χ0) is 19.8. The van der Waals surface area contributed by atoms with Gasteiger partial charge in [-0.2, -0.15) is 5.10 Å². The maximum absolute atomic E-state index is 12.1. The second-order valence-corrected chi connectivity index (χ2v) is 7.67. The Hall–Kier alpha value is -2.89. The lowest BCUT2D eigenvalue weighted by molar-refractivity contribution is -0.122. The number of hydrogen-bond acceptors (Lipinski definition) is 4. The highest BCUT2D eigenvalue weighted by molar-refractivity contribution is 5.93. The molecule has 1 aliphatic carbocycles. The molecule has 0 bridgehead atoms. The number of carbonyl (C=O) groups is 1. The number of carbonyl (C=O) groups excluding carboxylic acids is 1. The quantitative estimate of drug-likeness (QED) is 0.706. The van der Waals surface area contributed by atoms with Crippen LogP contribution in [0.25, 0.3) is 11.5 Å². The minimum absolute atomic E-state index is 0.119. The molecule has 146 valence electrons. The highest BCUT2D eigenvalue weighted by Crippen LogP contribution is 2.28. The van der Waals surface area contributed by atoms with Gasteiger partial charge < -0.3 is 9.73 Å². The topological polar surface area (TPSA) is 73.0 Å². The molecule has 2 heterocycles. The van der Waals surface area contributed by atoms with E-state index in [1.807, 2.05) is 42.8 Å². The fraction of sp³-hybridized carbons (Fsp3) is 0.409. The first kappa shape index (κ1) is 18.5. The molecule has 0 unspecified atom stereocenters. The van der Waals surface area contributed by atoms with Crippen LogP contribution in [0, 0.1) is 33.6 Å². The molecule has 1 saturated carbocycles. The van der Waals surface area contributed by atoms with Crippen LogP contribution in [-0.4, -0.2) is 20.7 Å². The Morgan fingerprint density at radius 3 is 2.46 bits per heavy atom. The van der Waals surface area contributed by atoms with Crippen LogP contribution in [0.2, 0.25) is 0 Å². The van der Waals surface area contributed by atoms with Crippen LogP contribution >= 0.6 is 0 Å². The monoisotopic (exact) mass is 378 g/mol. The van der Waals surface area contributed by atoms with Crippen molar-refractivity contribution in [1.29, 1.82) is 0 Å². The minimum Gasteiger partial charge on any atom is -0.441 e. The van der Waals surface area contributed by atoms with Gasteiger partial charge in [0.05, 0.1) is 12.2 Å². The Morgan fingerprint density at radius 1 is 1.18 bits per heavy atom. The fourth-order valence-electron chi connectivity index (χ4n) is 3.39. The van der Waals surface area contributed by atoms with Crippen LogP contribution in [0.5, 0.6) is 0 Å². The van der Waals surface area contributed by atoms with Gasteiger partial charge >= 0.3 is 0 Å². The van der Waals surface area contributed by atoms with Gasteiger partial charge in [0, 0.05) is 22.9 Å². The first-order valence-corrected chi connectivity index (χ1v) is 9.80. The van der Waals surface area contributed by atoms with Gasteiger partial charge in [-0.25, -0.2) is 4.98 Å². The molecule has 1 N–H and O–H groups in total. The van der Waals surface area contributed by atoms with E-state index in [0.717, 1.165) is 53.4 Å². The maximum Gasteiger partial charge on any atom is 0.227 e. The van der Waals surface area contributed by atoms with Crippen LogP contribution < -0.4 is 5.32 Å². The number of aromatic nitrogens is 3. The van der Waals surface area contributed by atoms with Crippen molar-refractivity contribution in [2.24, 2.45) is 5.92 Å². The number of benzene rings is 1. The normalized spacial score (nSPS) is 14.1. The molecule has 4 rings (SSSR count). The van der Waals surface area contributed by atoms with Crippen molar-refractivity contribution < 1.29 is 9.21 Å². The molecule has 1 amide bonds. The first-order chi connectivity index (χ1) is 13.4. The summed E-state index contributed by atoms with van der Waals surface area (Å²) in [6.45, 7) is 8.69. The Balaban J connectivity index is 1.49. The SMILES string of the molecule is Cc1nn(Cc2nc(-c3ccc(NC(=O)C4CCC4)cc3)oc2C)c(C)c1C. The summed E-state index contributed by atoms with van der Waals surface area (Å²) < 4.78 is 7.87. The van der Waals surface area contributed by atoms with E-state index in [4.69, 9.17) is 4.42 Å². The smallest absolute Gasteiger partial charge is 0.227 e. The van der Waals surface area contributed by atoms with Gasteiger partial charge in [0.2, 0.25) is 11.8 Å². The molecule has 1 fully saturated rings. The number of nitrogens with one attached hydrogen (secondary N) is 1. The molecule has 0 aliphatic heterocycles. The van der Waals surface area contributed by atoms with Gasteiger partial charge in [-0.3, -0.25) is 9.48 Å². The lowest BCUT2D eigenvalue weighted by atomic mass is 9.85. The van der Waals surface area contributed by atoms with E-state index in [2.05, 4.69) is 29.2 Å². The van der Waals surface area contributed by atoms with Crippen molar-refractivity contribution in [2.75, 3.05) is 5.32 Å². The predicted octanol–water partition coefficient (Wildman–Crippen LogP) is 4.56. The number of oxazole rings is 1. The summed E-state index contributed by atoms with van der Waals surface area (Å²) in [7, 11) is 0. The molecule has 1 aromatic carbocycles. The third kappa shape index (κ3) is 3.46. The molecule has 6 nitrogen and oxygen atoms in total.